The van der Waals surface area contributed by atoms with E-state index in [-0.39, 0.29) is 34.8 Å². The molecule has 1 N–H and O–H groups in total. The smallest absolute Gasteiger partial charge is 0.342 e. The van der Waals surface area contributed by atoms with Gasteiger partial charge in [0.25, 0.3) is 5.91 Å². The molecule has 0 unspecified atom stereocenters. The fourth-order valence-electron chi connectivity index (χ4n) is 2.98. The number of aryl methyl sites for hydroxylation is 1. The van der Waals surface area contributed by atoms with Crippen LogP contribution in [0.25, 0.3) is 0 Å². The van der Waals surface area contributed by atoms with Crippen LogP contribution in [0.4, 0.5) is 0 Å². The van der Waals surface area contributed by atoms with E-state index in [2.05, 4.69) is 0 Å². The lowest BCUT2D eigenvalue weighted by molar-refractivity contribution is -0.137. The van der Waals surface area contributed by atoms with Gasteiger partial charge in [-0.25, -0.2) is 13.2 Å². The molecule has 1 saturated heterocycles. The number of carbonyl (C=O) groups excluding carboxylic acids is 2. The number of phenolic OH excluding ortho intramolecular Hbond substituents is 1. The lowest BCUT2D eigenvalue weighted by Crippen LogP contribution is -2.45. The van der Waals surface area contributed by atoms with Crippen molar-refractivity contribution in [2.45, 2.75) is 33.2 Å². The molecular weight excluding hydrogens is 358 g/mol. The number of aromatic hydroxyl groups is 1. The molecule has 0 aliphatic carbocycles. The number of carbonyl (C=O) groups is 2. The minimum Gasteiger partial charge on any atom is -0.507 e. The van der Waals surface area contributed by atoms with Crippen LogP contribution < -0.4 is 0 Å². The molecule has 144 valence electrons. The molecule has 1 aromatic carbocycles. The molecule has 1 aliphatic rings. The Morgan fingerprint density at radius 3 is 2.62 bits per heavy atom. The van der Waals surface area contributed by atoms with Gasteiger partial charge in [0.15, 0.2) is 16.4 Å². The molecule has 0 spiro atoms. The lowest BCUT2D eigenvalue weighted by atomic mass is 10.1. The van der Waals surface area contributed by atoms with E-state index in [4.69, 9.17) is 4.74 Å². The molecule has 8 heteroatoms. The molecule has 0 radical (unpaired) electrons. The van der Waals surface area contributed by atoms with E-state index in [1.807, 2.05) is 13.8 Å². The molecule has 1 aromatic rings. The predicted octanol–water partition coefficient (Wildman–Crippen LogP) is 1.53. The van der Waals surface area contributed by atoms with Gasteiger partial charge in [0.2, 0.25) is 0 Å². The summed E-state index contributed by atoms with van der Waals surface area (Å²) in [6.07, 6.45) is 0.396. The van der Waals surface area contributed by atoms with Crippen LogP contribution in [0.2, 0.25) is 0 Å². The first-order chi connectivity index (χ1) is 12.1. The number of rotatable bonds is 6. The number of esters is 1. The second-order valence-corrected chi connectivity index (χ2v) is 9.27. The van der Waals surface area contributed by atoms with Crippen molar-refractivity contribution in [2.24, 2.45) is 5.92 Å². The van der Waals surface area contributed by atoms with Crippen LogP contribution in [0, 0.1) is 12.8 Å². The van der Waals surface area contributed by atoms with Crippen molar-refractivity contribution in [3.8, 4) is 5.75 Å². The van der Waals surface area contributed by atoms with E-state index >= 15 is 0 Å². The van der Waals surface area contributed by atoms with Gasteiger partial charge in [-0.15, -0.1) is 0 Å². The molecule has 1 aliphatic heterocycles. The van der Waals surface area contributed by atoms with Crippen molar-refractivity contribution < 1.29 is 27.9 Å². The summed E-state index contributed by atoms with van der Waals surface area (Å²) in [5.41, 5.74) is 0.528. The summed E-state index contributed by atoms with van der Waals surface area (Å²) in [7, 11) is -3.13. The van der Waals surface area contributed by atoms with Gasteiger partial charge in [0.1, 0.15) is 11.3 Å². The average Bonchev–Trinajstić information content (AvgIpc) is 2.92. The standard InChI is InChI=1S/C18H25NO6S/c1-12(2)9-19(14-7-8-26(23,24)11-14)16(20)10-25-18(22)15-6-4-5-13(3)17(15)21/h4-6,12,14,21H,7-11H2,1-3H3/t14-/m1/s1. The second-order valence-electron chi connectivity index (χ2n) is 7.04. The third kappa shape index (κ3) is 4.97. The van der Waals surface area contributed by atoms with Gasteiger partial charge in [0, 0.05) is 12.6 Å². The Morgan fingerprint density at radius 2 is 2.04 bits per heavy atom. The van der Waals surface area contributed by atoms with E-state index in [9.17, 15) is 23.1 Å². The van der Waals surface area contributed by atoms with E-state index < -0.39 is 28.3 Å². The monoisotopic (exact) mass is 383 g/mol. The summed E-state index contributed by atoms with van der Waals surface area (Å²) in [5.74, 6) is -1.23. The van der Waals surface area contributed by atoms with Gasteiger partial charge in [-0.3, -0.25) is 4.79 Å². The SMILES string of the molecule is Cc1cccc(C(=O)OCC(=O)N(CC(C)C)[C@@H]2CCS(=O)(=O)C2)c1O. The summed E-state index contributed by atoms with van der Waals surface area (Å²) in [4.78, 5) is 26.2. The Hall–Kier alpha value is -2.09. The molecule has 1 fully saturated rings. The van der Waals surface area contributed by atoms with Crippen molar-refractivity contribution in [1.29, 1.82) is 0 Å². The van der Waals surface area contributed by atoms with Gasteiger partial charge in [-0.1, -0.05) is 26.0 Å². The first-order valence-corrected chi connectivity index (χ1v) is 10.4. The number of amides is 1. The van der Waals surface area contributed by atoms with Crippen LogP contribution in [0.5, 0.6) is 5.75 Å². The number of nitrogens with zero attached hydrogens (tertiary/aromatic N) is 1. The Balaban J connectivity index is 2.05. The maximum Gasteiger partial charge on any atom is 0.342 e. The quantitative estimate of drug-likeness (QED) is 0.748. The topological polar surface area (TPSA) is 101 Å². The fraction of sp³-hybridized carbons (Fsp3) is 0.556. The Bertz CT molecular complexity index is 787. The van der Waals surface area contributed by atoms with Gasteiger partial charge in [-0.2, -0.15) is 0 Å². The summed E-state index contributed by atoms with van der Waals surface area (Å²) in [6.45, 7) is 5.42. The van der Waals surface area contributed by atoms with Crippen LogP contribution in [0.15, 0.2) is 18.2 Å². The Kier molecular flexibility index (Phi) is 6.28. The van der Waals surface area contributed by atoms with Gasteiger partial charge < -0.3 is 14.7 Å². The average molecular weight is 383 g/mol. The number of ether oxygens (including phenoxy) is 1. The number of sulfone groups is 1. The molecule has 1 atom stereocenters. The van der Waals surface area contributed by atoms with Crippen LogP contribution >= 0.6 is 0 Å². The minimum absolute atomic E-state index is 0.00310. The number of phenols is 1. The molecule has 26 heavy (non-hydrogen) atoms. The minimum atomic E-state index is -3.13. The molecule has 2 rings (SSSR count). The largest absolute Gasteiger partial charge is 0.507 e. The number of para-hydroxylation sites is 1. The van der Waals surface area contributed by atoms with Gasteiger partial charge >= 0.3 is 5.97 Å². The zero-order chi connectivity index (χ0) is 19.5. The molecule has 1 heterocycles. The number of benzene rings is 1. The lowest BCUT2D eigenvalue weighted by Gasteiger charge is -2.29. The van der Waals surface area contributed by atoms with Gasteiger partial charge in [-0.05, 0) is 30.9 Å². The highest BCUT2D eigenvalue weighted by Crippen LogP contribution is 2.23. The van der Waals surface area contributed by atoms with Crippen LogP contribution in [-0.2, 0) is 19.4 Å². The maximum atomic E-state index is 12.6. The van der Waals surface area contributed by atoms with Crippen molar-refractivity contribution >= 4 is 21.7 Å². The number of hydrogen-bond acceptors (Lipinski definition) is 6. The number of hydrogen-bond donors (Lipinski definition) is 1. The molecule has 7 nitrogen and oxygen atoms in total. The zero-order valence-electron chi connectivity index (χ0n) is 15.3. The van der Waals surface area contributed by atoms with Crippen molar-refractivity contribution in [3.63, 3.8) is 0 Å². The van der Waals surface area contributed by atoms with Crippen molar-refractivity contribution in [2.75, 3.05) is 24.7 Å². The summed E-state index contributed by atoms with van der Waals surface area (Å²) in [5, 5.41) is 9.93. The van der Waals surface area contributed by atoms with E-state index in [1.54, 1.807) is 19.1 Å². The highest BCUT2D eigenvalue weighted by Gasteiger charge is 2.35. The summed E-state index contributed by atoms with van der Waals surface area (Å²) >= 11 is 0. The molecule has 0 saturated carbocycles. The molecular formula is C18H25NO6S. The first-order valence-electron chi connectivity index (χ1n) is 8.56. The van der Waals surface area contributed by atoms with Gasteiger partial charge in [0.05, 0.1) is 11.5 Å². The van der Waals surface area contributed by atoms with Crippen LogP contribution in [0.3, 0.4) is 0 Å². The Labute approximate surface area is 153 Å². The fourth-order valence-corrected chi connectivity index (χ4v) is 4.71. The third-order valence-corrected chi connectivity index (χ3v) is 6.07. The van der Waals surface area contributed by atoms with Crippen molar-refractivity contribution in [3.05, 3.63) is 29.3 Å². The van der Waals surface area contributed by atoms with E-state index in [1.165, 1.54) is 11.0 Å². The first kappa shape index (κ1) is 20.2. The van der Waals surface area contributed by atoms with Crippen molar-refractivity contribution in [1.82, 2.24) is 4.90 Å². The van der Waals surface area contributed by atoms with Crippen LogP contribution in [-0.4, -0.2) is 61.0 Å². The van der Waals surface area contributed by atoms with Crippen LogP contribution in [0.1, 0.15) is 36.2 Å². The summed E-state index contributed by atoms with van der Waals surface area (Å²) < 4.78 is 28.5. The highest BCUT2D eigenvalue weighted by atomic mass is 32.2. The van der Waals surface area contributed by atoms with E-state index in [0.717, 1.165) is 0 Å². The normalized spacial score (nSPS) is 18.7. The molecule has 0 aromatic heterocycles. The Morgan fingerprint density at radius 1 is 1.35 bits per heavy atom. The second kappa shape index (κ2) is 8.07. The summed E-state index contributed by atoms with van der Waals surface area (Å²) in [6, 6.07) is 4.30. The predicted molar refractivity (Wildman–Crippen MR) is 96.7 cm³/mol. The molecule has 1 amide bonds. The third-order valence-electron chi connectivity index (χ3n) is 4.32. The zero-order valence-corrected chi connectivity index (χ0v) is 16.1. The van der Waals surface area contributed by atoms with E-state index in [0.29, 0.717) is 18.5 Å². The highest BCUT2D eigenvalue weighted by molar-refractivity contribution is 7.91. The molecule has 0 bridgehead atoms. The maximum absolute atomic E-state index is 12.6.